The van der Waals surface area contributed by atoms with Crippen molar-refractivity contribution < 1.29 is 19.1 Å². The normalized spacial score (nSPS) is 15.0. The third kappa shape index (κ3) is 3.48. The van der Waals surface area contributed by atoms with Crippen LogP contribution in [0.3, 0.4) is 0 Å². The third-order valence-electron chi connectivity index (χ3n) is 4.48. The third-order valence-corrected chi connectivity index (χ3v) is 5.71. The lowest BCUT2D eigenvalue weighted by Crippen LogP contribution is -2.46. The summed E-state index contributed by atoms with van der Waals surface area (Å²) in [6.07, 6.45) is 3.72. The fourth-order valence-corrected chi connectivity index (χ4v) is 4.51. The molecule has 0 atom stereocenters. The molecule has 0 radical (unpaired) electrons. The van der Waals surface area contributed by atoms with E-state index in [9.17, 15) is 9.59 Å². The summed E-state index contributed by atoms with van der Waals surface area (Å²) in [4.78, 5) is 26.1. The number of carbonyl (C=O) groups is 2. The molecular formula is C20H25IO4. The summed E-state index contributed by atoms with van der Waals surface area (Å²) in [6, 6.07) is 7.57. The zero-order valence-electron chi connectivity index (χ0n) is 15.1. The summed E-state index contributed by atoms with van der Waals surface area (Å²) < 4.78 is 11.7. The topological polar surface area (TPSA) is 52.6 Å². The van der Waals surface area contributed by atoms with Crippen LogP contribution in [0.5, 0.6) is 0 Å². The minimum absolute atomic E-state index is 0.223. The van der Waals surface area contributed by atoms with Gasteiger partial charge in [-0.25, -0.2) is 0 Å². The van der Waals surface area contributed by atoms with Crippen LogP contribution < -0.4 is 0 Å². The smallest absolute Gasteiger partial charge is 0.332 e. The van der Waals surface area contributed by atoms with Gasteiger partial charge in [0, 0.05) is 3.58 Å². The van der Waals surface area contributed by atoms with Gasteiger partial charge in [0.2, 0.25) is 5.41 Å². The maximum atomic E-state index is 13.1. The molecule has 0 amide bonds. The van der Waals surface area contributed by atoms with Gasteiger partial charge in [-0.15, -0.1) is 0 Å². The Morgan fingerprint density at radius 2 is 1.60 bits per heavy atom. The van der Waals surface area contributed by atoms with E-state index in [1.165, 1.54) is 0 Å². The summed E-state index contributed by atoms with van der Waals surface area (Å²) in [7, 11) is 0. The van der Waals surface area contributed by atoms with Crippen LogP contribution in [0.2, 0.25) is 0 Å². The van der Waals surface area contributed by atoms with Crippen LogP contribution in [0.15, 0.2) is 29.8 Å². The number of rotatable bonds is 8. The maximum Gasteiger partial charge on any atom is 0.332 e. The molecule has 5 heteroatoms. The summed E-state index contributed by atoms with van der Waals surface area (Å²) >= 11 is 2.25. The number of benzene rings is 1. The minimum Gasteiger partial charge on any atom is -0.465 e. The van der Waals surface area contributed by atoms with Crippen molar-refractivity contribution >= 4 is 38.1 Å². The SMILES string of the molecule is CCCCCC1=C(I)c2ccccc2C1(C(=O)OCC)C(=O)OCC. The summed E-state index contributed by atoms with van der Waals surface area (Å²) in [6.45, 7) is 6.08. The molecule has 0 saturated carbocycles. The van der Waals surface area contributed by atoms with Crippen molar-refractivity contribution in [3.05, 3.63) is 41.0 Å². The molecule has 2 rings (SSSR count). The maximum absolute atomic E-state index is 13.1. The molecule has 136 valence electrons. The van der Waals surface area contributed by atoms with Gasteiger partial charge in [0.05, 0.1) is 13.2 Å². The van der Waals surface area contributed by atoms with E-state index in [1.54, 1.807) is 13.8 Å². The molecule has 0 unspecified atom stereocenters. The number of carbonyl (C=O) groups excluding carboxylic acids is 2. The molecule has 1 aliphatic carbocycles. The summed E-state index contributed by atoms with van der Waals surface area (Å²) in [5.41, 5.74) is 0.963. The van der Waals surface area contributed by atoms with Gasteiger partial charge in [-0.05, 0) is 66.0 Å². The first-order chi connectivity index (χ1) is 12.0. The van der Waals surface area contributed by atoms with E-state index in [0.29, 0.717) is 12.0 Å². The van der Waals surface area contributed by atoms with Crippen molar-refractivity contribution in [1.82, 2.24) is 0 Å². The average Bonchev–Trinajstić information content (AvgIpc) is 2.86. The Morgan fingerprint density at radius 1 is 1.00 bits per heavy atom. The number of halogens is 1. The van der Waals surface area contributed by atoms with E-state index >= 15 is 0 Å². The Balaban J connectivity index is 2.65. The van der Waals surface area contributed by atoms with Crippen LogP contribution in [0, 0.1) is 0 Å². The van der Waals surface area contributed by atoms with Crippen LogP contribution >= 0.6 is 22.6 Å². The Hall–Kier alpha value is -1.37. The molecule has 1 aromatic carbocycles. The highest BCUT2D eigenvalue weighted by molar-refractivity contribution is 14.1. The fraction of sp³-hybridized carbons (Fsp3) is 0.500. The first-order valence-electron chi connectivity index (χ1n) is 8.89. The van der Waals surface area contributed by atoms with Crippen molar-refractivity contribution in [1.29, 1.82) is 0 Å². The quantitative estimate of drug-likeness (QED) is 0.244. The van der Waals surface area contributed by atoms with Gasteiger partial charge in [-0.3, -0.25) is 9.59 Å². The minimum atomic E-state index is -1.47. The van der Waals surface area contributed by atoms with Crippen LogP contribution in [0.1, 0.15) is 57.6 Å². The largest absolute Gasteiger partial charge is 0.465 e. The van der Waals surface area contributed by atoms with Crippen LogP contribution in [-0.2, 0) is 24.5 Å². The van der Waals surface area contributed by atoms with Gasteiger partial charge in [-0.1, -0.05) is 44.0 Å². The molecule has 0 aliphatic heterocycles. The highest BCUT2D eigenvalue weighted by Gasteiger charge is 2.58. The van der Waals surface area contributed by atoms with E-state index in [-0.39, 0.29) is 13.2 Å². The van der Waals surface area contributed by atoms with E-state index in [2.05, 4.69) is 29.5 Å². The average molecular weight is 456 g/mol. The monoisotopic (exact) mass is 456 g/mol. The predicted molar refractivity (Wildman–Crippen MR) is 106 cm³/mol. The lowest BCUT2D eigenvalue weighted by molar-refractivity contribution is -0.162. The van der Waals surface area contributed by atoms with Gasteiger partial charge < -0.3 is 9.47 Å². The number of esters is 2. The second kappa shape index (κ2) is 8.83. The highest BCUT2D eigenvalue weighted by atomic mass is 127. The molecule has 0 saturated heterocycles. The van der Waals surface area contributed by atoms with Crippen molar-refractivity contribution in [2.45, 2.75) is 51.9 Å². The molecule has 1 aliphatic rings. The molecule has 25 heavy (non-hydrogen) atoms. The van der Waals surface area contributed by atoms with Crippen LogP contribution in [0.25, 0.3) is 3.58 Å². The number of ether oxygens (including phenoxy) is 2. The summed E-state index contributed by atoms with van der Waals surface area (Å²) in [5.74, 6) is -1.06. The number of hydrogen-bond acceptors (Lipinski definition) is 4. The van der Waals surface area contributed by atoms with Gasteiger partial charge in [0.1, 0.15) is 0 Å². The molecule has 0 aromatic heterocycles. The highest BCUT2D eigenvalue weighted by Crippen LogP contribution is 2.52. The van der Waals surface area contributed by atoms with Crippen molar-refractivity contribution in [3.63, 3.8) is 0 Å². The van der Waals surface area contributed by atoms with Gasteiger partial charge in [0.15, 0.2) is 0 Å². The molecule has 0 spiro atoms. The predicted octanol–water partition coefficient (Wildman–Crippen LogP) is 4.79. The van der Waals surface area contributed by atoms with Crippen molar-refractivity contribution in [2.24, 2.45) is 0 Å². The molecule has 0 heterocycles. The molecule has 4 nitrogen and oxygen atoms in total. The van der Waals surface area contributed by atoms with E-state index in [1.807, 2.05) is 24.3 Å². The Kier molecular flexibility index (Phi) is 7.04. The van der Waals surface area contributed by atoms with Crippen LogP contribution in [0.4, 0.5) is 0 Å². The standard InChI is InChI=1S/C20H25IO4/c1-4-7-8-13-16-17(21)14-11-9-10-12-15(14)20(16,18(22)24-5-2)19(23)25-6-3/h9-12H,4-8,13H2,1-3H3. The molecule has 0 fully saturated rings. The summed E-state index contributed by atoms with van der Waals surface area (Å²) in [5, 5.41) is 0. The number of hydrogen-bond donors (Lipinski definition) is 0. The first-order valence-corrected chi connectivity index (χ1v) is 9.96. The molecule has 0 bridgehead atoms. The van der Waals surface area contributed by atoms with Gasteiger partial charge in [0.25, 0.3) is 0 Å². The zero-order chi connectivity index (χ0) is 18.4. The first kappa shape index (κ1) is 19.9. The Bertz CT molecular complexity index is 660. The van der Waals surface area contributed by atoms with Crippen LogP contribution in [-0.4, -0.2) is 25.2 Å². The Labute approximate surface area is 163 Å². The molecular weight excluding hydrogens is 431 g/mol. The van der Waals surface area contributed by atoms with Crippen molar-refractivity contribution in [3.8, 4) is 0 Å². The number of fused-ring (bicyclic) bond motifs is 1. The van der Waals surface area contributed by atoms with E-state index in [4.69, 9.17) is 9.47 Å². The fourth-order valence-electron chi connectivity index (χ4n) is 3.37. The van der Waals surface area contributed by atoms with E-state index in [0.717, 1.165) is 34.0 Å². The second-order valence-corrected chi connectivity index (χ2v) is 7.06. The zero-order valence-corrected chi connectivity index (χ0v) is 17.2. The van der Waals surface area contributed by atoms with Gasteiger partial charge >= 0.3 is 11.9 Å². The second-order valence-electron chi connectivity index (χ2n) is 5.99. The number of unbranched alkanes of at least 4 members (excludes halogenated alkanes) is 2. The molecule has 1 aromatic rings. The van der Waals surface area contributed by atoms with Gasteiger partial charge in [-0.2, -0.15) is 0 Å². The van der Waals surface area contributed by atoms with Crippen molar-refractivity contribution in [2.75, 3.05) is 13.2 Å². The Morgan fingerprint density at radius 3 is 2.16 bits per heavy atom. The lowest BCUT2D eigenvalue weighted by Gasteiger charge is -2.29. The van der Waals surface area contributed by atoms with E-state index < -0.39 is 17.4 Å². The molecule has 0 N–H and O–H groups in total. The lowest BCUT2D eigenvalue weighted by atomic mass is 9.75.